The number of nitrogens with zero attached hydrogens (tertiary/aromatic N) is 1. The SMILES string of the molecule is C/C=C1\CC(=O)[C@H](Cc2ccccc2)NC(=O)[C@@H]2CCCN2C(=O)[C@H](C(C)C)NC(=O)[C@H](Cc2c[nH]c3ccccc23)NC(=O)[C@]2(CSC[C@@H](C(=O)N[C@@H](CSC)C(=O)O)NC1=O)C[C@H](NC(=O)[C@@H](C)CC(=O)[C@@H]1CSC[C@]3(C[C@H](N)C(=O)N[C@@H](CC(N)=O)C(=O)N[C@@H](C)C(=O)N3)C(=O)N[C@@H](C(C)C)C(=O)N[C@@H](Cc3c[nH]c4ccccc34)C(=O)N[C@@H](CCC(=O)O)C(=O)N1)C(=O)N[C@@H]([C@@H](C)O)C(=O)NCC(=O)N2. The van der Waals surface area contributed by atoms with Crippen molar-refractivity contribution in [3.8, 4) is 0 Å². The van der Waals surface area contributed by atoms with Crippen molar-refractivity contribution in [1.82, 2.24) is 99.9 Å². The molecule has 46 nitrogen and oxygen atoms in total. The monoisotopic (exact) mass is 2060 g/mol. The number of nitrogens with one attached hydrogen (secondary N) is 18. The largest absolute Gasteiger partial charge is 0.481 e. The quantitative estimate of drug-likeness (QED) is 0.0261. The number of amides is 18. The number of carbonyl (C=O) groups excluding carboxylic acids is 20. The van der Waals surface area contributed by atoms with Crippen LogP contribution in [0.3, 0.4) is 0 Å². The van der Waals surface area contributed by atoms with Crippen LogP contribution in [0.25, 0.3) is 21.8 Å². The number of hydrogen-bond acceptors (Lipinski definition) is 27. The molecule has 5 aromatic rings. The fourth-order valence-electron chi connectivity index (χ4n) is 17.4. The highest BCUT2D eigenvalue weighted by Crippen LogP contribution is 2.31. The lowest BCUT2D eigenvalue weighted by Gasteiger charge is -2.38. The second kappa shape index (κ2) is 50.9. The summed E-state index contributed by atoms with van der Waals surface area (Å²) >= 11 is 2.15. The van der Waals surface area contributed by atoms with Crippen LogP contribution in [-0.4, -0.2) is 316 Å². The van der Waals surface area contributed by atoms with Crippen LogP contribution in [-0.2, 0) is 125 Å². The highest BCUT2D eigenvalue weighted by atomic mass is 32.2. The van der Waals surface area contributed by atoms with Gasteiger partial charge in [-0.3, -0.25) is 101 Å². The van der Waals surface area contributed by atoms with Crippen molar-refractivity contribution in [2.24, 2.45) is 29.2 Å². The molecule has 5 aliphatic rings. The van der Waals surface area contributed by atoms with E-state index in [9.17, 15) is 63.3 Å². The zero-order valence-electron chi connectivity index (χ0n) is 80.8. The molecule has 18 amide bonds. The maximum absolute atomic E-state index is 16.8. The number of Topliss-reactive ketones (excluding diaryl/α,β-unsaturated/α-hetero) is 2. The summed E-state index contributed by atoms with van der Waals surface area (Å²) in [6, 6.07) is -4.48. The van der Waals surface area contributed by atoms with Gasteiger partial charge in [0.2, 0.25) is 106 Å². The van der Waals surface area contributed by atoms with E-state index in [1.807, 2.05) is 0 Å². The van der Waals surface area contributed by atoms with Crippen LogP contribution in [0.5, 0.6) is 0 Å². The number of ketones is 2. The van der Waals surface area contributed by atoms with Gasteiger partial charge in [-0.1, -0.05) is 107 Å². The molecule has 5 fully saturated rings. The van der Waals surface area contributed by atoms with Crippen LogP contribution in [0.1, 0.15) is 130 Å². The lowest BCUT2D eigenvalue weighted by Crippen LogP contribution is -2.68. The average molecular weight is 2060 g/mol. The molecule has 10 rings (SSSR count). The molecule has 7 heterocycles. The fourth-order valence-corrected chi connectivity index (χ4v) is 20.5. The number of aromatic nitrogens is 2. The Balaban J connectivity index is 1.10. The first-order chi connectivity index (χ1) is 68.2. The first kappa shape index (κ1) is 112. The molecule has 19 atom stereocenters. The average Bonchev–Trinajstić information content (AvgIpc) is 0.979. The summed E-state index contributed by atoms with van der Waals surface area (Å²) in [5.41, 5.74) is 8.84. The molecule has 5 saturated heterocycles. The summed E-state index contributed by atoms with van der Waals surface area (Å²) in [7, 11) is 0. The number of nitrogens with two attached hydrogens (primary N) is 2. The molecular weight excluding hydrogens is 1930 g/mol. The molecule has 0 radical (unpaired) electrons. The predicted octanol–water partition coefficient (Wildman–Crippen LogP) is -4.17. The van der Waals surface area contributed by atoms with Crippen molar-refractivity contribution in [1.29, 1.82) is 0 Å². The number of carboxylic acid groups (broad SMARTS) is 2. The number of aromatic amines is 2. The Morgan fingerprint density at radius 3 is 1.74 bits per heavy atom. The van der Waals surface area contributed by atoms with Crippen LogP contribution in [0.15, 0.2) is 103 Å². The first-order valence-electron chi connectivity index (χ1n) is 47.1. The van der Waals surface area contributed by atoms with E-state index in [4.69, 9.17) is 11.5 Å². The van der Waals surface area contributed by atoms with Crippen molar-refractivity contribution in [2.45, 2.75) is 240 Å². The maximum atomic E-state index is 16.8. The van der Waals surface area contributed by atoms with Crippen LogP contribution < -0.4 is 96.5 Å². The van der Waals surface area contributed by atoms with E-state index in [-0.39, 0.29) is 43.6 Å². The number of aliphatic hydroxyl groups excluding tert-OH is 1. The van der Waals surface area contributed by atoms with E-state index in [0.717, 1.165) is 25.6 Å². The lowest BCUT2D eigenvalue weighted by atomic mass is 9.89. The zero-order valence-corrected chi connectivity index (χ0v) is 83.2. The minimum absolute atomic E-state index is 0.0395. The highest BCUT2D eigenvalue weighted by Gasteiger charge is 2.52. The Morgan fingerprint density at radius 2 is 1.14 bits per heavy atom. The second-order valence-electron chi connectivity index (χ2n) is 37.3. The van der Waals surface area contributed by atoms with E-state index in [0.29, 0.717) is 62.0 Å². The number of aliphatic hydroxyl groups is 1. The fraction of sp³-hybridized carbons (Fsp3) is 0.516. The van der Waals surface area contributed by atoms with Crippen molar-refractivity contribution in [3.63, 3.8) is 0 Å². The van der Waals surface area contributed by atoms with Crippen molar-refractivity contribution < 1.29 is 121 Å². The van der Waals surface area contributed by atoms with Gasteiger partial charge in [0.05, 0.1) is 37.2 Å². The number of carbonyl (C=O) groups is 22. The Hall–Kier alpha value is -13.8. The molecule has 25 N–H and O–H groups in total. The number of carboxylic acids is 2. The molecule has 0 aliphatic carbocycles. The van der Waals surface area contributed by atoms with E-state index >= 15 is 57.5 Å². The molecule has 0 bridgehead atoms. The van der Waals surface area contributed by atoms with Gasteiger partial charge in [-0.25, -0.2) is 4.79 Å². The Labute approximate surface area is 840 Å². The number of allylic oxidation sites excluding steroid dienone is 1. The summed E-state index contributed by atoms with van der Waals surface area (Å²) < 4.78 is 0. The van der Waals surface area contributed by atoms with Gasteiger partial charge >= 0.3 is 11.9 Å². The number of benzene rings is 3. The summed E-state index contributed by atoms with van der Waals surface area (Å²) in [6.07, 6.45) is -2.95. The molecular formula is C95H125N21O25S3. The minimum Gasteiger partial charge on any atom is -0.481 e. The van der Waals surface area contributed by atoms with Gasteiger partial charge in [-0.15, -0.1) is 0 Å². The Morgan fingerprint density at radius 1 is 0.583 bits per heavy atom. The lowest BCUT2D eigenvalue weighted by molar-refractivity contribution is -0.143. The molecule has 0 unspecified atom stereocenters. The number of thioether (sulfide) groups is 3. The molecule has 778 valence electrons. The van der Waals surface area contributed by atoms with Crippen LogP contribution in [0.4, 0.5) is 0 Å². The second-order valence-corrected chi connectivity index (χ2v) is 40.2. The normalized spacial score (nSPS) is 27.3. The van der Waals surface area contributed by atoms with Gasteiger partial charge in [0, 0.05) is 126 Å². The van der Waals surface area contributed by atoms with Gasteiger partial charge in [0.1, 0.15) is 83.6 Å². The van der Waals surface area contributed by atoms with E-state index < -0.39 is 336 Å². The van der Waals surface area contributed by atoms with Crippen LogP contribution >= 0.6 is 35.3 Å². The number of primary amides is 1. The van der Waals surface area contributed by atoms with Crippen molar-refractivity contribution in [2.75, 3.05) is 48.1 Å². The number of fused-ring (bicyclic) bond motifs is 3. The highest BCUT2D eigenvalue weighted by molar-refractivity contribution is 7.99. The van der Waals surface area contributed by atoms with Gasteiger partial charge in [0.15, 0.2) is 11.6 Å². The van der Waals surface area contributed by atoms with Crippen LogP contribution in [0.2, 0.25) is 0 Å². The summed E-state index contributed by atoms with van der Waals surface area (Å²) in [5, 5.41) is 73.8. The van der Waals surface area contributed by atoms with E-state index in [2.05, 4.69) is 95.0 Å². The number of aliphatic carboxylic acids is 2. The third kappa shape index (κ3) is 29.5. The molecule has 5 aliphatic heterocycles. The van der Waals surface area contributed by atoms with E-state index in [1.54, 1.807) is 92.7 Å². The standard InChI is InChI=1S/C95H125N21O25S3/c1-10-51-33-70(119)60(30-50-19-12-11-13-20-50)103-87(134)68-25-18-28-116(68)90(137)75(46(4)5)111-84(131)62(32-53-38-99-58-24-17-15-22-55(53)58)110-92(140)95(44-144-42-66(108-79(51)126)86(133)109-67(40-142-9)91(138)139)36-64(85(132)112-76(49(8)117)88(135)100-39-72(121)114-95)106-77(124)47(6)29-69(118)65-41-143-43-94(35-56(96)80(127)104-63(34-71(97)120)82(129)101-48(7)78(125)115-94)93(141)113-74(45(2)3)89(136)105-61(31-52-37-98-57-23-16-14-21-54(52)57)83(130)102-59(81(128)107-65)26-27-73(122)123/h10-17,19-24,37-38,45-49,56,59-68,74-76,98-99,117H,18,25-36,39-44,96H2,1-9H3,(H2,97,120)(H,100,135)(H,101,129)(H,102,130)(H,103,134)(H,104,127)(H,105,136)(H,106,124)(H,107,128)(H,108,126)(H,109,133)(H,110,140)(H,111,131)(H,112,132)(H,113,141)(H,114,121)(H,115,125)(H,122,123)(H,138,139)/b51-10+/t47-,48-,49+,56-,59-,60-,61-,62-,63-,64-,65-,66-,67-,68-,74-,75-,76-,94+,95+/m0/s1. The summed E-state index contributed by atoms with van der Waals surface area (Å²) in [6.45, 7) is 9.83. The first-order valence-corrected chi connectivity index (χ1v) is 50.8. The van der Waals surface area contributed by atoms with E-state index in [1.165, 1.54) is 57.3 Å². The Bertz CT molecular complexity index is 5740. The molecule has 2 spiro atoms. The van der Waals surface area contributed by atoms with Gasteiger partial charge in [0.25, 0.3) is 0 Å². The third-order valence-corrected chi connectivity index (χ3v) is 28.7. The maximum Gasteiger partial charge on any atom is 0.327 e. The molecule has 49 heteroatoms. The van der Waals surface area contributed by atoms with Crippen molar-refractivity contribution in [3.05, 3.63) is 120 Å². The number of rotatable bonds is 24. The topological polar surface area (TPSA) is 716 Å². The zero-order chi connectivity index (χ0) is 105. The molecule has 2 aromatic heterocycles. The Kier molecular flexibility index (Phi) is 39.7. The minimum atomic E-state index is -2.86. The smallest absolute Gasteiger partial charge is 0.327 e. The molecule has 144 heavy (non-hydrogen) atoms. The van der Waals surface area contributed by atoms with Gasteiger partial charge in [-0.2, -0.15) is 35.3 Å². The summed E-state index contributed by atoms with van der Waals surface area (Å²) in [4.78, 5) is 334. The third-order valence-electron chi connectivity index (χ3n) is 25.5. The van der Waals surface area contributed by atoms with Crippen molar-refractivity contribution >= 4 is 187 Å². The van der Waals surface area contributed by atoms with Gasteiger partial charge < -0.3 is 127 Å². The number of hydrogen-bond donors (Lipinski definition) is 23. The number of H-pyrrole nitrogens is 2. The molecule has 3 aromatic carbocycles. The predicted molar refractivity (Wildman–Crippen MR) is 527 cm³/mol. The number of para-hydroxylation sites is 2. The summed E-state index contributed by atoms with van der Waals surface area (Å²) in [5.74, 6) is -32.6. The van der Waals surface area contributed by atoms with Gasteiger partial charge in [-0.05, 0) is 93.4 Å². The molecule has 0 saturated carbocycles. The van der Waals surface area contributed by atoms with Crippen LogP contribution in [0, 0.1) is 17.8 Å².